The number of amides is 1. The van der Waals surface area contributed by atoms with Gasteiger partial charge in [-0.05, 0) is 40.5 Å². The van der Waals surface area contributed by atoms with Crippen LogP contribution >= 0.6 is 0 Å². The number of benzene rings is 3. The highest BCUT2D eigenvalue weighted by atomic mass is 16.1. The average Bonchev–Trinajstić information content (AvgIpc) is 3.07. The second-order valence-corrected chi connectivity index (χ2v) is 6.51. The van der Waals surface area contributed by atoms with Gasteiger partial charge < -0.3 is 5.32 Å². The van der Waals surface area contributed by atoms with E-state index in [0.29, 0.717) is 5.69 Å². The molecule has 3 aromatic carbocycles. The van der Waals surface area contributed by atoms with Crippen LogP contribution in [-0.4, -0.2) is 10.9 Å². The fraction of sp³-hybridized carbons (Fsp3) is 0.0435. The summed E-state index contributed by atoms with van der Waals surface area (Å²) in [6.45, 7) is 0. The van der Waals surface area contributed by atoms with Crippen LogP contribution in [0.4, 0.5) is 5.69 Å². The largest absolute Gasteiger partial charge is 0.320 e. The van der Waals surface area contributed by atoms with Crippen molar-refractivity contribution < 1.29 is 4.79 Å². The first-order valence-corrected chi connectivity index (χ1v) is 8.67. The first-order valence-electron chi connectivity index (χ1n) is 8.67. The monoisotopic (exact) mass is 336 g/mol. The predicted molar refractivity (Wildman–Crippen MR) is 104 cm³/mol. The molecule has 1 aromatic heterocycles. The molecule has 4 aromatic rings. The molecule has 0 spiro atoms. The molecule has 124 valence electrons. The van der Waals surface area contributed by atoms with Crippen molar-refractivity contribution in [1.29, 1.82) is 0 Å². The van der Waals surface area contributed by atoms with Crippen LogP contribution in [0.25, 0.3) is 22.0 Å². The lowest BCUT2D eigenvalue weighted by atomic mass is 10.0. The maximum absolute atomic E-state index is 12.8. The number of fused-ring (bicyclic) bond motifs is 4. The van der Waals surface area contributed by atoms with Crippen molar-refractivity contribution in [2.75, 3.05) is 5.32 Å². The van der Waals surface area contributed by atoms with E-state index >= 15 is 0 Å². The Morgan fingerprint density at radius 1 is 0.808 bits per heavy atom. The van der Waals surface area contributed by atoms with Gasteiger partial charge in [0.25, 0.3) is 5.91 Å². The number of anilines is 1. The lowest BCUT2D eigenvalue weighted by Crippen LogP contribution is -2.14. The minimum absolute atomic E-state index is 0.180. The molecule has 3 heteroatoms. The Hall–Kier alpha value is -3.46. The molecule has 0 aliphatic heterocycles. The fourth-order valence-corrected chi connectivity index (χ4v) is 3.65. The summed E-state index contributed by atoms with van der Waals surface area (Å²) in [5.74, 6) is -0.180. The van der Waals surface area contributed by atoms with E-state index in [9.17, 15) is 4.79 Å². The number of carbonyl (C=O) groups excluding carboxylic acids is 1. The molecular formula is C23H16N2O. The van der Waals surface area contributed by atoms with Crippen LogP contribution in [0.1, 0.15) is 21.6 Å². The summed E-state index contributed by atoms with van der Waals surface area (Å²) in [4.78, 5) is 17.2. The molecule has 1 aliphatic rings. The van der Waals surface area contributed by atoms with Crippen LogP contribution in [0, 0.1) is 0 Å². The van der Waals surface area contributed by atoms with E-state index in [4.69, 9.17) is 0 Å². The number of pyridine rings is 1. The van der Waals surface area contributed by atoms with E-state index in [1.165, 1.54) is 22.3 Å². The molecule has 0 saturated heterocycles. The first kappa shape index (κ1) is 14.8. The van der Waals surface area contributed by atoms with Gasteiger partial charge in [0.2, 0.25) is 0 Å². The zero-order chi connectivity index (χ0) is 17.5. The summed E-state index contributed by atoms with van der Waals surface area (Å²) in [6, 6.07) is 26.0. The van der Waals surface area contributed by atoms with E-state index in [0.717, 1.165) is 23.0 Å². The third-order valence-corrected chi connectivity index (χ3v) is 4.93. The Labute approximate surface area is 151 Å². The number of para-hydroxylation sites is 1. The summed E-state index contributed by atoms with van der Waals surface area (Å²) >= 11 is 0. The van der Waals surface area contributed by atoms with Crippen molar-refractivity contribution in [3.63, 3.8) is 0 Å². The third kappa shape index (κ3) is 2.37. The molecule has 1 amide bonds. The Kier molecular flexibility index (Phi) is 3.32. The number of rotatable bonds is 2. The number of aromatic nitrogens is 1. The van der Waals surface area contributed by atoms with Crippen LogP contribution < -0.4 is 5.32 Å². The molecule has 0 unspecified atom stereocenters. The van der Waals surface area contributed by atoms with Crippen LogP contribution in [0.15, 0.2) is 78.9 Å². The van der Waals surface area contributed by atoms with Crippen LogP contribution in [0.5, 0.6) is 0 Å². The van der Waals surface area contributed by atoms with Gasteiger partial charge in [0.1, 0.15) is 5.69 Å². The van der Waals surface area contributed by atoms with Gasteiger partial charge in [-0.1, -0.05) is 60.7 Å². The van der Waals surface area contributed by atoms with Crippen molar-refractivity contribution in [3.8, 4) is 11.1 Å². The average molecular weight is 336 g/mol. The van der Waals surface area contributed by atoms with Crippen LogP contribution in [-0.2, 0) is 6.42 Å². The van der Waals surface area contributed by atoms with E-state index in [-0.39, 0.29) is 5.91 Å². The lowest BCUT2D eigenvalue weighted by molar-refractivity contribution is 0.102. The van der Waals surface area contributed by atoms with E-state index in [1.54, 1.807) is 6.07 Å². The van der Waals surface area contributed by atoms with Gasteiger partial charge in [0, 0.05) is 17.5 Å². The highest BCUT2D eigenvalue weighted by molar-refractivity contribution is 6.05. The minimum Gasteiger partial charge on any atom is -0.320 e. The molecule has 0 saturated carbocycles. The SMILES string of the molecule is O=C(Nc1cccc2c1Cc1ccccc1-2)c1ccc2ccccc2n1. The quantitative estimate of drug-likeness (QED) is 0.490. The molecule has 0 atom stereocenters. The second kappa shape index (κ2) is 5.81. The second-order valence-electron chi connectivity index (χ2n) is 6.51. The maximum atomic E-state index is 12.8. The number of carbonyl (C=O) groups is 1. The summed E-state index contributed by atoms with van der Waals surface area (Å²) in [6.07, 6.45) is 0.840. The van der Waals surface area contributed by atoms with Gasteiger partial charge in [-0.15, -0.1) is 0 Å². The number of nitrogens with zero attached hydrogens (tertiary/aromatic N) is 1. The van der Waals surface area contributed by atoms with Crippen molar-refractivity contribution in [2.24, 2.45) is 0 Å². The van der Waals surface area contributed by atoms with E-state index < -0.39 is 0 Å². The summed E-state index contributed by atoms with van der Waals surface area (Å²) in [5.41, 5.74) is 7.03. The van der Waals surface area contributed by atoms with Gasteiger partial charge in [-0.3, -0.25) is 4.79 Å². The third-order valence-electron chi connectivity index (χ3n) is 4.93. The molecule has 0 radical (unpaired) electrons. The van der Waals surface area contributed by atoms with Gasteiger partial charge >= 0.3 is 0 Å². The van der Waals surface area contributed by atoms with Crippen molar-refractivity contribution in [1.82, 2.24) is 4.98 Å². The normalized spacial score (nSPS) is 11.8. The van der Waals surface area contributed by atoms with Gasteiger partial charge in [-0.2, -0.15) is 0 Å². The molecule has 1 aliphatic carbocycles. The molecule has 1 heterocycles. The fourth-order valence-electron chi connectivity index (χ4n) is 3.65. The smallest absolute Gasteiger partial charge is 0.274 e. The van der Waals surface area contributed by atoms with Gasteiger partial charge in [-0.25, -0.2) is 4.98 Å². The topological polar surface area (TPSA) is 42.0 Å². The highest BCUT2D eigenvalue weighted by Gasteiger charge is 2.21. The summed E-state index contributed by atoms with van der Waals surface area (Å²) in [5, 5.41) is 4.08. The molecule has 5 rings (SSSR count). The maximum Gasteiger partial charge on any atom is 0.274 e. The number of nitrogens with one attached hydrogen (secondary N) is 1. The van der Waals surface area contributed by atoms with Crippen molar-refractivity contribution in [2.45, 2.75) is 6.42 Å². The molecule has 0 bridgehead atoms. The Morgan fingerprint density at radius 2 is 1.62 bits per heavy atom. The first-order chi connectivity index (χ1) is 12.8. The Morgan fingerprint density at radius 3 is 2.58 bits per heavy atom. The number of hydrogen-bond donors (Lipinski definition) is 1. The minimum atomic E-state index is -0.180. The Balaban J connectivity index is 1.49. The molecule has 0 fully saturated rings. The summed E-state index contributed by atoms with van der Waals surface area (Å²) < 4.78 is 0. The number of hydrogen-bond acceptors (Lipinski definition) is 2. The lowest BCUT2D eigenvalue weighted by Gasteiger charge is -2.10. The zero-order valence-electron chi connectivity index (χ0n) is 14.1. The van der Waals surface area contributed by atoms with Crippen molar-refractivity contribution in [3.05, 3.63) is 95.7 Å². The van der Waals surface area contributed by atoms with Crippen LogP contribution in [0.2, 0.25) is 0 Å². The zero-order valence-corrected chi connectivity index (χ0v) is 14.1. The Bertz CT molecular complexity index is 1160. The summed E-state index contributed by atoms with van der Waals surface area (Å²) in [7, 11) is 0. The predicted octanol–water partition coefficient (Wildman–Crippen LogP) is 5.06. The van der Waals surface area contributed by atoms with E-state index in [2.05, 4.69) is 40.6 Å². The highest BCUT2D eigenvalue weighted by Crippen LogP contribution is 2.40. The van der Waals surface area contributed by atoms with E-state index in [1.807, 2.05) is 42.5 Å². The van der Waals surface area contributed by atoms with Gasteiger partial charge in [0.15, 0.2) is 0 Å². The van der Waals surface area contributed by atoms with Crippen LogP contribution in [0.3, 0.4) is 0 Å². The molecular weight excluding hydrogens is 320 g/mol. The molecule has 1 N–H and O–H groups in total. The molecule has 26 heavy (non-hydrogen) atoms. The standard InChI is InChI=1S/C23H16N2O/c26-23(22-13-12-15-6-2-4-10-20(15)24-22)25-21-11-5-9-18-17-8-3-1-7-16(17)14-19(18)21/h1-13H,14H2,(H,25,26). The van der Waals surface area contributed by atoms with Gasteiger partial charge in [0.05, 0.1) is 5.52 Å². The van der Waals surface area contributed by atoms with Crippen molar-refractivity contribution >= 4 is 22.5 Å². The molecule has 3 nitrogen and oxygen atoms in total.